The number of carboxylic acid groups (broad SMARTS) is 1. The van der Waals surface area contributed by atoms with Crippen molar-refractivity contribution in [1.82, 2.24) is 4.90 Å². The number of Topliss-reactive ketones (excluding diaryl/α,β-unsaturated/α-hetero) is 1. The van der Waals surface area contributed by atoms with Gasteiger partial charge in [-0.15, -0.1) is 11.3 Å². The largest absolute Gasteiger partial charge is 0.480 e. The third kappa shape index (κ3) is 4.19. The third-order valence-corrected chi connectivity index (χ3v) is 8.60. The van der Waals surface area contributed by atoms with Crippen molar-refractivity contribution in [1.29, 1.82) is 0 Å². The molecule has 1 saturated carbocycles. The normalized spacial score (nSPS) is 23.9. The number of carbonyl (C=O) groups is 3. The second kappa shape index (κ2) is 9.25. The van der Waals surface area contributed by atoms with Gasteiger partial charge in [0.1, 0.15) is 6.04 Å². The summed E-state index contributed by atoms with van der Waals surface area (Å²) in [7, 11) is 0. The number of ketones is 1. The molecule has 3 aromatic rings. The average Bonchev–Trinajstić information content (AvgIpc) is 3.51. The van der Waals surface area contributed by atoms with Crippen LogP contribution in [-0.2, 0) is 9.59 Å². The van der Waals surface area contributed by atoms with Crippen LogP contribution < -0.4 is 0 Å². The minimum absolute atomic E-state index is 0.141. The van der Waals surface area contributed by atoms with Crippen molar-refractivity contribution >= 4 is 40.6 Å². The van der Waals surface area contributed by atoms with E-state index in [-0.39, 0.29) is 17.6 Å². The Hall–Kier alpha value is -2.96. The van der Waals surface area contributed by atoms with Crippen LogP contribution in [-0.4, -0.2) is 33.7 Å². The predicted octanol–water partition coefficient (Wildman–Crippen LogP) is 6.05. The summed E-state index contributed by atoms with van der Waals surface area (Å²) < 4.78 is 0. The van der Waals surface area contributed by atoms with Crippen molar-refractivity contribution in [3.63, 3.8) is 0 Å². The molecular formula is C28H26ClNO4S. The zero-order valence-electron chi connectivity index (χ0n) is 19.5. The van der Waals surface area contributed by atoms with Gasteiger partial charge in [0.15, 0.2) is 5.78 Å². The maximum atomic E-state index is 14.3. The van der Waals surface area contributed by atoms with Crippen molar-refractivity contribution in [2.75, 3.05) is 0 Å². The lowest BCUT2D eigenvalue weighted by molar-refractivity contribution is -0.150. The van der Waals surface area contributed by atoms with Crippen LogP contribution in [0, 0.1) is 25.7 Å². The second-order valence-electron chi connectivity index (χ2n) is 9.50. The number of carboxylic acids is 1. The van der Waals surface area contributed by atoms with Gasteiger partial charge >= 0.3 is 5.97 Å². The zero-order valence-corrected chi connectivity index (χ0v) is 21.1. The SMILES string of the molecule is Cc1ccccc1C(=O)C1C(c2sccc2C)C(C(=O)O)N(C(=O)C2CC2)C1c1ccc(Cl)cc1. The van der Waals surface area contributed by atoms with Crippen LogP contribution in [0.4, 0.5) is 0 Å². The van der Waals surface area contributed by atoms with E-state index in [0.29, 0.717) is 10.6 Å². The van der Waals surface area contributed by atoms with E-state index >= 15 is 0 Å². The highest BCUT2D eigenvalue weighted by Gasteiger charge is 2.59. The van der Waals surface area contributed by atoms with Crippen LogP contribution in [0.5, 0.6) is 0 Å². The Morgan fingerprint density at radius 2 is 1.66 bits per heavy atom. The van der Waals surface area contributed by atoms with Crippen LogP contribution in [0.2, 0.25) is 5.02 Å². The number of hydrogen-bond acceptors (Lipinski definition) is 4. The average molecular weight is 508 g/mol. The number of aryl methyl sites for hydroxylation is 2. The van der Waals surface area contributed by atoms with E-state index in [1.807, 2.05) is 43.5 Å². The van der Waals surface area contributed by atoms with Crippen LogP contribution >= 0.6 is 22.9 Å². The lowest BCUT2D eigenvalue weighted by Gasteiger charge is -2.30. The quantitative estimate of drug-likeness (QED) is 0.412. The van der Waals surface area contributed by atoms with E-state index in [1.54, 1.807) is 30.3 Å². The molecule has 1 saturated heterocycles. The standard InChI is InChI=1S/C28H26ClNO4S/c1-15-5-3-4-6-20(15)25(31)21-22(26-16(2)13-14-35-26)24(28(33)34)30(27(32)18-7-8-18)23(21)17-9-11-19(29)12-10-17/h3-6,9-14,18,21-24H,7-8H2,1-2H3,(H,33,34). The Morgan fingerprint density at radius 3 is 2.23 bits per heavy atom. The van der Waals surface area contributed by atoms with E-state index in [0.717, 1.165) is 34.4 Å². The van der Waals surface area contributed by atoms with Crippen molar-refractivity contribution in [2.24, 2.45) is 11.8 Å². The fourth-order valence-corrected chi connectivity index (χ4v) is 6.63. The molecule has 0 bridgehead atoms. The number of nitrogens with zero attached hydrogens (tertiary/aromatic N) is 1. The summed E-state index contributed by atoms with van der Waals surface area (Å²) in [6.45, 7) is 3.81. The predicted molar refractivity (Wildman–Crippen MR) is 136 cm³/mol. The highest BCUT2D eigenvalue weighted by Crippen LogP contribution is 2.54. The van der Waals surface area contributed by atoms with Gasteiger partial charge in [0, 0.05) is 27.3 Å². The number of rotatable bonds is 6. The first-order valence-corrected chi connectivity index (χ1v) is 13.0. The fraction of sp³-hybridized carbons (Fsp3) is 0.321. The number of halogens is 1. The summed E-state index contributed by atoms with van der Waals surface area (Å²) in [4.78, 5) is 43.2. The van der Waals surface area contributed by atoms with Gasteiger partial charge in [-0.1, -0.05) is 48.0 Å². The van der Waals surface area contributed by atoms with E-state index < -0.39 is 29.9 Å². The molecule has 2 aliphatic rings. The van der Waals surface area contributed by atoms with E-state index in [1.165, 1.54) is 16.2 Å². The van der Waals surface area contributed by atoms with Crippen molar-refractivity contribution in [3.8, 4) is 0 Å². The molecule has 1 aromatic heterocycles. The Morgan fingerprint density at radius 1 is 0.971 bits per heavy atom. The first-order chi connectivity index (χ1) is 16.8. The number of likely N-dealkylation sites (tertiary alicyclic amines) is 1. The van der Waals surface area contributed by atoms with E-state index in [4.69, 9.17) is 11.6 Å². The minimum Gasteiger partial charge on any atom is -0.480 e. The lowest BCUT2D eigenvalue weighted by Crippen LogP contribution is -2.44. The smallest absolute Gasteiger partial charge is 0.327 e. The molecule has 35 heavy (non-hydrogen) atoms. The first kappa shape index (κ1) is 23.8. The molecular weight excluding hydrogens is 482 g/mol. The molecule has 1 aliphatic heterocycles. The summed E-state index contributed by atoms with van der Waals surface area (Å²) in [6, 6.07) is 14.5. The van der Waals surface area contributed by atoms with E-state index in [2.05, 4.69) is 0 Å². The molecule has 7 heteroatoms. The molecule has 2 heterocycles. The van der Waals surface area contributed by atoms with Gasteiger partial charge in [-0.25, -0.2) is 4.79 Å². The molecule has 1 amide bonds. The van der Waals surface area contributed by atoms with Gasteiger partial charge in [-0.3, -0.25) is 9.59 Å². The van der Waals surface area contributed by atoms with Gasteiger partial charge in [0.2, 0.25) is 5.91 Å². The molecule has 4 atom stereocenters. The molecule has 0 radical (unpaired) electrons. The summed E-state index contributed by atoms with van der Waals surface area (Å²) >= 11 is 7.61. The molecule has 0 spiro atoms. The first-order valence-electron chi connectivity index (χ1n) is 11.7. The molecule has 180 valence electrons. The molecule has 5 nitrogen and oxygen atoms in total. The number of benzene rings is 2. The van der Waals surface area contributed by atoms with Crippen LogP contribution in [0.25, 0.3) is 0 Å². The number of thiophene rings is 1. The number of hydrogen-bond donors (Lipinski definition) is 1. The Kier molecular flexibility index (Phi) is 6.28. The van der Waals surface area contributed by atoms with Crippen LogP contribution in [0.15, 0.2) is 60.0 Å². The topological polar surface area (TPSA) is 74.7 Å². The monoisotopic (exact) mass is 507 g/mol. The number of amides is 1. The maximum absolute atomic E-state index is 14.3. The maximum Gasteiger partial charge on any atom is 0.327 e. The second-order valence-corrected chi connectivity index (χ2v) is 10.9. The van der Waals surface area contributed by atoms with Crippen LogP contribution in [0.1, 0.15) is 56.7 Å². The van der Waals surface area contributed by atoms with Gasteiger partial charge in [-0.2, -0.15) is 0 Å². The van der Waals surface area contributed by atoms with Crippen molar-refractivity contribution in [2.45, 2.75) is 44.7 Å². The minimum atomic E-state index is -1.14. The van der Waals surface area contributed by atoms with E-state index in [9.17, 15) is 19.5 Å². The Labute approximate surface area is 213 Å². The summed E-state index contributed by atoms with van der Waals surface area (Å²) in [6.07, 6.45) is 1.49. The highest BCUT2D eigenvalue weighted by atomic mass is 35.5. The number of aliphatic carboxylic acids is 1. The fourth-order valence-electron chi connectivity index (χ4n) is 5.40. The summed E-state index contributed by atoms with van der Waals surface area (Å²) in [5.41, 5.74) is 3.04. The highest BCUT2D eigenvalue weighted by molar-refractivity contribution is 7.10. The molecule has 4 unspecified atom stereocenters. The third-order valence-electron chi connectivity index (χ3n) is 7.23. The van der Waals surface area contributed by atoms with Crippen molar-refractivity contribution < 1.29 is 19.5 Å². The molecule has 2 fully saturated rings. The van der Waals surface area contributed by atoms with Crippen LogP contribution in [0.3, 0.4) is 0 Å². The lowest BCUT2D eigenvalue weighted by atomic mass is 9.77. The summed E-state index contributed by atoms with van der Waals surface area (Å²) in [5, 5.41) is 13.0. The van der Waals surface area contributed by atoms with Gasteiger partial charge in [0.25, 0.3) is 0 Å². The Bertz CT molecular complexity index is 1300. The van der Waals surface area contributed by atoms with Gasteiger partial charge in [0.05, 0.1) is 12.0 Å². The van der Waals surface area contributed by atoms with Gasteiger partial charge < -0.3 is 10.0 Å². The molecule has 2 aromatic carbocycles. The van der Waals surface area contributed by atoms with Crippen molar-refractivity contribution in [3.05, 3.63) is 92.1 Å². The molecule has 1 aliphatic carbocycles. The Balaban J connectivity index is 1.76. The molecule has 1 N–H and O–H groups in total. The summed E-state index contributed by atoms with van der Waals surface area (Å²) in [5.74, 6) is -3.02. The van der Waals surface area contributed by atoms with Gasteiger partial charge in [-0.05, 0) is 67.0 Å². The zero-order chi connectivity index (χ0) is 24.9. The molecule has 5 rings (SSSR count). The number of carbonyl (C=O) groups excluding carboxylic acids is 2.